The van der Waals surface area contributed by atoms with Crippen molar-refractivity contribution in [2.24, 2.45) is 0 Å². The number of pyridine rings is 1. The molecule has 3 heterocycles. The van der Waals surface area contributed by atoms with Gasteiger partial charge < -0.3 is 19.9 Å². The Morgan fingerprint density at radius 1 is 1.41 bits per heavy atom. The van der Waals surface area contributed by atoms with Crippen molar-refractivity contribution in [3.8, 4) is 0 Å². The molecule has 1 fully saturated rings. The normalized spacial score (nSPS) is 18.5. The summed E-state index contributed by atoms with van der Waals surface area (Å²) in [4.78, 5) is 18.7. The van der Waals surface area contributed by atoms with Gasteiger partial charge in [-0.1, -0.05) is 11.2 Å². The monoisotopic (exact) mass is 302 g/mol. The molecule has 7 nitrogen and oxygen atoms in total. The maximum absolute atomic E-state index is 12.7. The molecule has 0 radical (unpaired) electrons. The van der Waals surface area contributed by atoms with E-state index in [0.717, 1.165) is 5.69 Å². The lowest BCUT2D eigenvalue weighted by molar-refractivity contribution is -0.0247. The molecule has 2 aromatic heterocycles. The minimum atomic E-state index is -0.276. The summed E-state index contributed by atoms with van der Waals surface area (Å²) in [5.74, 6) is 0.886. The molecule has 2 aromatic rings. The van der Waals surface area contributed by atoms with E-state index in [0.29, 0.717) is 42.5 Å². The Labute approximate surface area is 128 Å². The van der Waals surface area contributed by atoms with Crippen LogP contribution in [0.15, 0.2) is 22.7 Å². The van der Waals surface area contributed by atoms with Crippen LogP contribution in [0.3, 0.4) is 0 Å². The van der Waals surface area contributed by atoms with Crippen molar-refractivity contribution in [3.63, 3.8) is 0 Å². The summed E-state index contributed by atoms with van der Waals surface area (Å²) < 4.78 is 10.8. The van der Waals surface area contributed by atoms with Crippen molar-refractivity contribution < 1.29 is 14.1 Å². The Kier molecular flexibility index (Phi) is 3.81. The first-order valence-electron chi connectivity index (χ1n) is 7.12. The van der Waals surface area contributed by atoms with Crippen LogP contribution in [0, 0.1) is 13.8 Å². The van der Waals surface area contributed by atoms with Crippen LogP contribution in [0.25, 0.3) is 0 Å². The summed E-state index contributed by atoms with van der Waals surface area (Å²) in [5.41, 5.74) is 7.57. The van der Waals surface area contributed by atoms with Crippen LogP contribution in [0.4, 0.5) is 5.82 Å². The van der Waals surface area contributed by atoms with Crippen molar-refractivity contribution in [3.05, 3.63) is 40.9 Å². The first-order valence-corrected chi connectivity index (χ1v) is 7.12. The van der Waals surface area contributed by atoms with E-state index in [9.17, 15) is 4.79 Å². The predicted octanol–water partition coefficient (Wildman–Crippen LogP) is 1.48. The minimum absolute atomic E-state index is 0.0894. The van der Waals surface area contributed by atoms with E-state index < -0.39 is 0 Å². The molecule has 1 aliphatic heterocycles. The lowest BCUT2D eigenvalue weighted by Gasteiger charge is -2.32. The SMILES string of the molecule is Cc1noc(C)c1C(=O)N1CCO[C@H](c2cccc(N)n2)C1. The first kappa shape index (κ1) is 14.5. The summed E-state index contributed by atoms with van der Waals surface area (Å²) in [6, 6.07) is 5.40. The van der Waals surface area contributed by atoms with Gasteiger partial charge in [-0.15, -0.1) is 0 Å². The number of nitrogens with two attached hydrogens (primary N) is 1. The third-order valence-electron chi connectivity index (χ3n) is 3.72. The second-order valence-electron chi connectivity index (χ2n) is 5.30. The fourth-order valence-corrected chi connectivity index (χ4v) is 2.61. The van der Waals surface area contributed by atoms with Crippen molar-refractivity contribution in [2.45, 2.75) is 20.0 Å². The maximum atomic E-state index is 12.7. The Bertz CT molecular complexity index is 678. The van der Waals surface area contributed by atoms with Crippen LogP contribution >= 0.6 is 0 Å². The Balaban J connectivity index is 1.80. The van der Waals surface area contributed by atoms with Gasteiger partial charge in [0, 0.05) is 6.54 Å². The second-order valence-corrected chi connectivity index (χ2v) is 5.30. The van der Waals surface area contributed by atoms with Gasteiger partial charge in [0.15, 0.2) is 0 Å². The number of aromatic nitrogens is 2. The molecule has 1 aliphatic rings. The molecule has 116 valence electrons. The average molecular weight is 302 g/mol. The van der Waals surface area contributed by atoms with Gasteiger partial charge in [0.25, 0.3) is 5.91 Å². The van der Waals surface area contributed by atoms with E-state index >= 15 is 0 Å². The highest BCUT2D eigenvalue weighted by molar-refractivity contribution is 5.96. The number of hydrogen-bond donors (Lipinski definition) is 1. The van der Waals surface area contributed by atoms with Crippen LogP contribution in [-0.2, 0) is 4.74 Å². The summed E-state index contributed by atoms with van der Waals surface area (Å²) in [6.07, 6.45) is -0.276. The van der Waals surface area contributed by atoms with E-state index in [1.54, 1.807) is 24.8 Å². The van der Waals surface area contributed by atoms with Crippen LogP contribution in [0.1, 0.15) is 33.6 Å². The lowest BCUT2D eigenvalue weighted by atomic mass is 10.1. The lowest BCUT2D eigenvalue weighted by Crippen LogP contribution is -2.42. The number of hydrogen-bond acceptors (Lipinski definition) is 6. The minimum Gasteiger partial charge on any atom is -0.384 e. The molecule has 0 aliphatic carbocycles. The fraction of sp³-hybridized carbons (Fsp3) is 0.400. The molecule has 7 heteroatoms. The highest BCUT2D eigenvalue weighted by atomic mass is 16.5. The molecule has 0 unspecified atom stereocenters. The quantitative estimate of drug-likeness (QED) is 0.903. The zero-order valence-electron chi connectivity index (χ0n) is 12.6. The summed E-state index contributed by atoms with van der Waals surface area (Å²) >= 11 is 0. The van der Waals surface area contributed by atoms with Gasteiger partial charge >= 0.3 is 0 Å². The molecule has 1 atom stereocenters. The standard InChI is InChI=1S/C15H18N4O3/c1-9-14(10(2)22-18-9)15(20)19-6-7-21-12(8-19)11-4-3-5-13(16)17-11/h3-5,12H,6-8H2,1-2H3,(H2,16,17)/t12-/m0/s1. The van der Waals surface area contributed by atoms with E-state index in [1.807, 2.05) is 12.1 Å². The van der Waals surface area contributed by atoms with E-state index in [4.69, 9.17) is 15.0 Å². The first-order chi connectivity index (χ1) is 10.6. The molecule has 22 heavy (non-hydrogen) atoms. The van der Waals surface area contributed by atoms with Crippen molar-refractivity contribution in [1.29, 1.82) is 0 Å². The van der Waals surface area contributed by atoms with Gasteiger partial charge in [0.1, 0.15) is 23.2 Å². The Hall–Kier alpha value is -2.41. The van der Waals surface area contributed by atoms with Crippen LogP contribution in [-0.4, -0.2) is 40.6 Å². The number of rotatable bonds is 2. The van der Waals surface area contributed by atoms with Gasteiger partial charge in [-0.2, -0.15) is 0 Å². The van der Waals surface area contributed by atoms with Gasteiger partial charge in [-0.05, 0) is 26.0 Å². The largest absolute Gasteiger partial charge is 0.384 e. The zero-order chi connectivity index (χ0) is 15.7. The van der Waals surface area contributed by atoms with E-state index in [1.165, 1.54) is 0 Å². The third-order valence-corrected chi connectivity index (χ3v) is 3.72. The van der Waals surface area contributed by atoms with Gasteiger partial charge in [0.2, 0.25) is 0 Å². The van der Waals surface area contributed by atoms with E-state index in [2.05, 4.69) is 10.1 Å². The third kappa shape index (κ3) is 2.67. The number of amides is 1. The van der Waals surface area contributed by atoms with Crippen LogP contribution < -0.4 is 5.73 Å². The molecule has 1 saturated heterocycles. The van der Waals surface area contributed by atoms with Crippen molar-refractivity contribution >= 4 is 11.7 Å². The molecule has 0 saturated carbocycles. The highest BCUT2D eigenvalue weighted by Crippen LogP contribution is 2.24. The second kappa shape index (κ2) is 5.76. The number of carbonyl (C=O) groups is 1. The van der Waals surface area contributed by atoms with Gasteiger partial charge in [-0.3, -0.25) is 4.79 Å². The van der Waals surface area contributed by atoms with Crippen molar-refractivity contribution in [2.75, 3.05) is 25.4 Å². The van der Waals surface area contributed by atoms with Crippen LogP contribution in [0.2, 0.25) is 0 Å². The Morgan fingerprint density at radius 3 is 2.91 bits per heavy atom. The molecule has 0 aromatic carbocycles. The fourth-order valence-electron chi connectivity index (χ4n) is 2.61. The number of morpholine rings is 1. The molecule has 1 amide bonds. The van der Waals surface area contributed by atoms with Crippen molar-refractivity contribution in [1.82, 2.24) is 15.0 Å². The molecule has 3 rings (SSSR count). The highest BCUT2D eigenvalue weighted by Gasteiger charge is 2.30. The molecule has 0 bridgehead atoms. The molecule has 0 spiro atoms. The number of aryl methyl sites for hydroxylation is 2. The molecule has 2 N–H and O–H groups in total. The van der Waals surface area contributed by atoms with Crippen LogP contribution in [0.5, 0.6) is 0 Å². The summed E-state index contributed by atoms with van der Waals surface area (Å²) in [7, 11) is 0. The molecular weight excluding hydrogens is 284 g/mol. The van der Waals surface area contributed by atoms with E-state index in [-0.39, 0.29) is 12.0 Å². The van der Waals surface area contributed by atoms with Gasteiger partial charge in [-0.25, -0.2) is 4.98 Å². The number of carbonyl (C=O) groups excluding carboxylic acids is 1. The van der Waals surface area contributed by atoms with Gasteiger partial charge in [0.05, 0.1) is 24.5 Å². The molecular formula is C15H18N4O3. The smallest absolute Gasteiger partial charge is 0.259 e. The Morgan fingerprint density at radius 2 is 2.23 bits per heavy atom. The number of anilines is 1. The maximum Gasteiger partial charge on any atom is 0.259 e. The summed E-state index contributed by atoms with van der Waals surface area (Å²) in [5, 5.41) is 3.84. The zero-order valence-corrected chi connectivity index (χ0v) is 12.6. The predicted molar refractivity (Wildman–Crippen MR) is 79.2 cm³/mol. The average Bonchev–Trinajstić information content (AvgIpc) is 2.86. The number of ether oxygens (including phenoxy) is 1. The number of nitrogens with zero attached hydrogens (tertiary/aromatic N) is 3. The summed E-state index contributed by atoms with van der Waals surface area (Å²) in [6.45, 7) is 4.92. The number of nitrogen functional groups attached to an aromatic ring is 1. The topological polar surface area (TPSA) is 94.5 Å².